The van der Waals surface area contributed by atoms with Crippen LogP contribution in [-0.2, 0) is 0 Å². The highest BCUT2D eigenvalue weighted by Gasteiger charge is 2.23. The van der Waals surface area contributed by atoms with Crippen LogP contribution in [0.25, 0.3) is 137 Å². The third kappa shape index (κ3) is 5.99. The molecule has 4 aromatic heterocycles. The number of hydrogen-bond acceptors (Lipinski definition) is 4. The molecular formula is C62H37N3OS. The fourth-order valence-corrected chi connectivity index (χ4v) is 11.5. The maximum atomic E-state index is 6.71. The minimum absolute atomic E-state index is 0.668. The van der Waals surface area contributed by atoms with Crippen molar-refractivity contribution in [3.8, 4) is 61.7 Å². The van der Waals surface area contributed by atoms with Crippen LogP contribution in [0.2, 0.25) is 0 Å². The largest absolute Gasteiger partial charge is 0.456 e. The lowest BCUT2D eigenvalue weighted by atomic mass is 9.94. The van der Waals surface area contributed by atoms with Gasteiger partial charge in [-0.1, -0.05) is 176 Å². The van der Waals surface area contributed by atoms with Gasteiger partial charge in [-0.2, -0.15) is 0 Å². The minimum atomic E-state index is 0.668. The first-order valence-corrected chi connectivity index (χ1v) is 23.5. The van der Waals surface area contributed by atoms with Crippen LogP contribution < -0.4 is 0 Å². The van der Waals surface area contributed by atoms with Gasteiger partial charge < -0.3 is 8.98 Å². The van der Waals surface area contributed by atoms with Crippen molar-refractivity contribution in [2.24, 2.45) is 0 Å². The Morgan fingerprint density at radius 3 is 1.79 bits per heavy atom. The smallest absolute Gasteiger partial charge is 0.161 e. The van der Waals surface area contributed by atoms with E-state index in [-0.39, 0.29) is 0 Å². The molecule has 0 aliphatic carbocycles. The molecule has 67 heavy (non-hydrogen) atoms. The molecule has 0 N–H and O–H groups in total. The van der Waals surface area contributed by atoms with Gasteiger partial charge in [0.15, 0.2) is 5.82 Å². The molecule has 0 radical (unpaired) electrons. The molecule has 4 heterocycles. The summed E-state index contributed by atoms with van der Waals surface area (Å²) in [6, 6.07) is 80.3. The Kier molecular flexibility index (Phi) is 8.42. The Balaban J connectivity index is 1.01. The molecule has 0 unspecified atom stereocenters. The van der Waals surface area contributed by atoms with Crippen LogP contribution in [0.1, 0.15) is 0 Å². The molecule has 0 spiro atoms. The standard InChI is InChI=1S/C62H37N3OS/c1-4-15-38(16-5-1)40-27-29-42(30-28-40)59-61-60(47-23-12-13-26-56(47)67-61)64-62(63-59)48-24-14-25-55-58(48)51-36-44(32-34-54(51)66-55)65-52-33-31-43(39-17-6-2-7-18-39)35-50(52)57-46-22-11-10-21-45(46)49(37-53(57)65)41-19-8-3-9-20-41/h1-37H. The summed E-state index contributed by atoms with van der Waals surface area (Å²) in [6.07, 6.45) is 0. The molecule has 0 atom stereocenters. The first-order chi connectivity index (χ1) is 33.2. The van der Waals surface area contributed by atoms with E-state index in [9.17, 15) is 0 Å². The van der Waals surface area contributed by atoms with Crippen LogP contribution in [0.5, 0.6) is 0 Å². The van der Waals surface area contributed by atoms with Crippen molar-refractivity contribution in [2.75, 3.05) is 0 Å². The van der Waals surface area contributed by atoms with Crippen LogP contribution in [0, 0.1) is 0 Å². The summed E-state index contributed by atoms with van der Waals surface area (Å²) in [4.78, 5) is 10.9. The number of thiophene rings is 1. The van der Waals surface area contributed by atoms with Gasteiger partial charge in [0.2, 0.25) is 0 Å². The van der Waals surface area contributed by atoms with Gasteiger partial charge in [0.05, 0.1) is 26.9 Å². The first-order valence-electron chi connectivity index (χ1n) is 22.6. The van der Waals surface area contributed by atoms with E-state index in [2.05, 4.69) is 229 Å². The Hall–Kier alpha value is -8.64. The number of hydrogen-bond donors (Lipinski definition) is 0. The Morgan fingerprint density at radius 2 is 1.01 bits per heavy atom. The number of aromatic nitrogens is 3. The Labute approximate surface area is 389 Å². The van der Waals surface area contributed by atoms with Crippen LogP contribution in [-0.4, -0.2) is 14.5 Å². The van der Waals surface area contributed by atoms with E-state index in [0.717, 1.165) is 71.1 Å². The Morgan fingerprint density at radius 1 is 0.373 bits per heavy atom. The monoisotopic (exact) mass is 871 g/mol. The third-order valence-electron chi connectivity index (χ3n) is 13.4. The highest BCUT2D eigenvalue weighted by Crippen LogP contribution is 2.45. The molecular weight excluding hydrogens is 835 g/mol. The van der Waals surface area contributed by atoms with Gasteiger partial charge in [-0.05, 0) is 92.7 Å². The second-order valence-electron chi connectivity index (χ2n) is 17.2. The van der Waals surface area contributed by atoms with E-state index < -0.39 is 0 Å². The SMILES string of the molecule is c1ccc(-c2ccc(-c3nc(-c4cccc5oc6ccc(-n7c8ccc(-c9ccccc9)cc8c8c9ccccc9c(-c9ccccc9)cc87)cc6c45)nc4c3sc3ccccc34)cc2)cc1. The third-order valence-corrected chi connectivity index (χ3v) is 14.6. The summed E-state index contributed by atoms with van der Waals surface area (Å²) in [5.74, 6) is 0.668. The number of furan rings is 1. The van der Waals surface area contributed by atoms with Crippen LogP contribution in [0.15, 0.2) is 229 Å². The molecule has 0 bridgehead atoms. The lowest BCUT2D eigenvalue weighted by Gasteiger charge is -2.12. The van der Waals surface area contributed by atoms with Gasteiger partial charge in [0.1, 0.15) is 11.2 Å². The minimum Gasteiger partial charge on any atom is -0.456 e. The van der Waals surface area contributed by atoms with Crippen molar-refractivity contribution in [3.63, 3.8) is 0 Å². The van der Waals surface area contributed by atoms with Crippen molar-refractivity contribution >= 4 is 86.2 Å². The van der Waals surface area contributed by atoms with Crippen molar-refractivity contribution in [3.05, 3.63) is 224 Å². The second-order valence-corrected chi connectivity index (χ2v) is 18.3. The maximum Gasteiger partial charge on any atom is 0.161 e. The average molecular weight is 872 g/mol. The van der Waals surface area contributed by atoms with E-state index in [0.29, 0.717) is 5.82 Å². The predicted molar refractivity (Wildman–Crippen MR) is 281 cm³/mol. The van der Waals surface area contributed by atoms with Gasteiger partial charge in [-0.15, -0.1) is 11.3 Å². The summed E-state index contributed by atoms with van der Waals surface area (Å²) >= 11 is 1.75. The molecule has 0 saturated heterocycles. The molecule has 10 aromatic carbocycles. The van der Waals surface area contributed by atoms with Gasteiger partial charge >= 0.3 is 0 Å². The molecule has 0 saturated carbocycles. The van der Waals surface area contributed by atoms with Gasteiger partial charge in [0, 0.05) is 48.4 Å². The maximum absolute atomic E-state index is 6.71. The summed E-state index contributed by atoms with van der Waals surface area (Å²) in [5.41, 5.74) is 15.9. The van der Waals surface area contributed by atoms with Crippen LogP contribution >= 0.6 is 11.3 Å². The highest BCUT2D eigenvalue weighted by atomic mass is 32.1. The Bertz CT molecular complexity index is 4250. The average Bonchev–Trinajstić information content (AvgIpc) is 4.08. The molecule has 0 aliphatic heterocycles. The van der Waals surface area contributed by atoms with E-state index in [1.54, 1.807) is 11.3 Å². The zero-order valence-corrected chi connectivity index (χ0v) is 36.8. The topological polar surface area (TPSA) is 43.9 Å². The van der Waals surface area contributed by atoms with E-state index in [4.69, 9.17) is 14.4 Å². The fraction of sp³-hybridized carbons (Fsp3) is 0. The van der Waals surface area contributed by atoms with E-state index in [1.165, 1.54) is 59.6 Å². The highest BCUT2D eigenvalue weighted by molar-refractivity contribution is 7.26. The summed E-state index contributed by atoms with van der Waals surface area (Å²) in [7, 11) is 0. The number of rotatable bonds is 6. The van der Waals surface area contributed by atoms with Crippen molar-refractivity contribution < 1.29 is 4.42 Å². The molecule has 4 nitrogen and oxygen atoms in total. The van der Waals surface area contributed by atoms with E-state index in [1.807, 2.05) is 0 Å². The van der Waals surface area contributed by atoms with Gasteiger partial charge in [-0.3, -0.25) is 0 Å². The lowest BCUT2D eigenvalue weighted by Crippen LogP contribution is -1.95. The quantitative estimate of drug-likeness (QED) is 0.167. The second kappa shape index (κ2) is 15.0. The molecule has 312 valence electrons. The number of benzene rings is 10. The summed E-state index contributed by atoms with van der Waals surface area (Å²) in [5, 5.41) is 8.02. The molecule has 14 aromatic rings. The number of nitrogens with zero attached hydrogens (tertiary/aromatic N) is 3. The lowest BCUT2D eigenvalue weighted by molar-refractivity contribution is 0.669. The first kappa shape index (κ1) is 37.7. The van der Waals surface area contributed by atoms with Gasteiger partial charge in [0.25, 0.3) is 0 Å². The molecule has 0 amide bonds. The van der Waals surface area contributed by atoms with Crippen LogP contribution in [0.3, 0.4) is 0 Å². The summed E-state index contributed by atoms with van der Waals surface area (Å²) < 4.78 is 11.4. The molecule has 5 heteroatoms. The summed E-state index contributed by atoms with van der Waals surface area (Å²) in [6.45, 7) is 0. The zero-order chi connectivity index (χ0) is 44.0. The fourth-order valence-electron chi connectivity index (χ4n) is 10.3. The van der Waals surface area contributed by atoms with Crippen molar-refractivity contribution in [1.29, 1.82) is 0 Å². The molecule has 0 aliphatic rings. The normalized spacial score (nSPS) is 11.9. The number of fused-ring (bicyclic) bond motifs is 11. The zero-order valence-electron chi connectivity index (χ0n) is 36.0. The van der Waals surface area contributed by atoms with Crippen LogP contribution in [0.4, 0.5) is 0 Å². The van der Waals surface area contributed by atoms with E-state index >= 15 is 0 Å². The predicted octanol–water partition coefficient (Wildman–Crippen LogP) is 17.3. The molecule has 0 fully saturated rings. The van der Waals surface area contributed by atoms with Crippen molar-refractivity contribution in [1.82, 2.24) is 14.5 Å². The van der Waals surface area contributed by atoms with Crippen molar-refractivity contribution in [2.45, 2.75) is 0 Å². The van der Waals surface area contributed by atoms with Gasteiger partial charge in [-0.25, -0.2) is 9.97 Å². The molecule has 14 rings (SSSR count).